The standard InChI is InChI=1S/C16H24N6O2/c1-16(2,24)14-10-22(20-19-14)9-11-5-4-6-12(11)18-15(23)13-7-8-17-21(13)3/h7-8,10-12,24H,4-6,9H2,1-3H3,(H,18,23)/t11-,12-/m1/s1. The van der Waals surface area contributed by atoms with Gasteiger partial charge in [-0.05, 0) is 38.7 Å². The number of hydrogen-bond acceptors (Lipinski definition) is 5. The van der Waals surface area contributed by atoms with E-state index in [1.54, 1.807) is 48.7 Å². The number of aliphatic hydroxyl groups is 1. The summed E-state index contributed by atoms with van der Waals surface area (Å²) in [5.74, 6) is 0.209. The Morgan fingerprint density at radius 3 is 2.88 bits per heavy atom. The van der Waals surface area contributed by atoms with Crippen LogP contribution in [0.15, 0.2) is 18.5 Å². The van der Waals surface area contributed by atoms with Crippen LogP contribution in [0.25, 0.3) is 0 Å². The van der Waals surface area contributed by atoms with E-state index in [-0.39, 0.29) is 11.9 Å². The third-order valence-electron chi connectivity index (χ3n) is 4.62. The molecular weight excluding hydrogens is 308 g/mol. The summed E-state index contributed by atoms with van der Waals surface area (Å²) < 4.78 is 3.33. The summed E-state index contributed by atoms with van der Waals surface area (Å²) in [7, 11) is 1.76. The molecule has 0 aromatic carbocycles. The van der Waals surface area contributed by atoms with E-state index in [9.17, 15) is 9.90 Å². The Hall–Kier alpha value is -2.22. The summed E-state index contributed by atoms with van der Waals surface area (Å²) in [5.41, 5.74) is 0.114. The molecule has 130 valence electrons. The number of nitrogens with one attached hydrogen (secondary N) is 1. The SMILES string of the molecule is Cn1nccc1C(=O)N[C@@H]1CCC[C@@H]1Cn1cc(C(C)(C)O)nn1. The molecule has 2 atom stereocenters. The maximum atomic E-state index is 12.4. The largest absolute Gasteiger partial charge is 0.384 e. The van der Waals surface area contributed by atoms with E-state index >= 15 is 0 Å². The van der Waals surface area contributed by atoms with Gasteiger partial charge in [-0.25, -0.2) is 0 Å². The molecule has 1 fully saturated rings. The van der Waals surface area contributed by atoms with Crippen molar-refractivity contribution < 1.29 is 9.90 Å². The van der Waals surface area contributed by atoms with E-state index in [4.69, 9.17) is 0 Å². The lowest BCUT2D eigenvalue weighted by Gasteiger charge is -2.21. The molecule has 3 rings (SSSR count). The predicted molar refractivity (Wildman–Crippen MR) is 87.1 cm³/mol. The Bertz CT molecular complexity index is 714. The average molecular weight is 332 g/mol. The first-order chi connectivity index (χ1) is 11.3. The quantitative estimate of drug-likeness (QED) is 0.845. The number of carbonyl (C=O) groups is 1. The van der Waals surface area contributed by atoms with Crippen LogP contribution >= 0.6 is 0 Å². The summed E-state index contributed by atoms with van der Waals surface area (Å²) in [6, 6.07) is 1.83. The molecule has 2 aromatic heterocycles. The normalized spacial score (nSPS) is 21.2. The molecule has 1 aliphatic rings. The minimum absolute atomic E-state index is 0.0947. The Balaban J connectivity index is 1.64. The van der Waals surface area contributed by atoms with Crippen molar-refractivity contribution in [2.24, 2.45) is 13.0 Å². The van der Waals surface area contributed by atoms with E-state index in [0.29, 0.717) is 23.9 Å². The molecule has 0 unspecified atom stereocenters. The Labute approximate surface area is 140 Å². The lowest BCUT2D eigenvalue weighted by atomic mass is 10.0. The summed E-state index contributed by atoms with van der Waals surface area (Å²) in [4.78, 5) is 12.4. The molecule has 0 aliphatic heterocycles. The summed E-state index contributed by atoms with van der Waals surface area (Å²) in [6.45, 7) is 4.06. The van der Waals surface area contributed by atoms with Gasteiger partial charge in [0.15, 0.2) is 0 Å². The van der Waals surface area contributed by atoms with Gasteiger partial charge in [0.05, 0.1) is 6.20 Å². The molecule has 0 bridgehead atoms. The fraction of sp³-hybridized carbons (Fsp3) is 0.625. The maximum absolute atomic E-state index is 12.4. The maximum Gasteiger partial charge on any atom is 0.269 e. The van der Waals surface area contributed by atoms with Gasteiger partial charge in [0.1, 0.15) is 17.0 Å². The molecule has 1 aliphatic carbocycles. The van der Waals surface area contributed by atoms with Gasteiger partial charge in [-0.2, -0.15) is 5.10 Å². The van der Waals surface area contributed by atoms with Crippen molar-refractivity contribution in [3.05, 3.63) is 29.8 Å². The number of amides is 1. The zero-order chi connectivity index (χ0) is 17.3. The molecule has 1 amide bonds. The van der Waals surface area contributed by atoms with E-state index in [1.165, 1.54) is 0 Å². The smallest absolute Gasteiger partial charge is 0.269 e. The molecule has 0 saturated heterocycles. The van der Waals surface area contributed by atoms with Crippen molar-refractivity contribution in [3.8, 4) is 0 Å². The van der Waals surface area contributed by atoms with Crippen molar-refractivity contribution >= 4 is 5.91 Å². The Kier molecular flexibility index (Phi) is 4.40. The molecule has 2 aromatic rings. The van der Waals surface area contributed by atoms with Crippen molar-refractivity contribution in [1.82, 2.24) is 30.1 Å². The molecule has 0 radical (unpaired) electrons. The second-order valence-corrected chi connectivity index (χ2v) is 7.00. The van der Waals surface area contributed by atoms with Crippen LogP contribution in [-0.4, -0.2) is 41.8 Å². The molecular formula is C16H24N6O2. The third kappa shape index (κ3) is 3.48. The topological polar surface area (TPSA) is 97.9 Å². The minimum atomic E-state index is -0.999. The molecule has 0 spiro atoms. The van der Waals surface area contributed by atoms with Gasteiger partial charge < -0.3 is 10.4 Å². The first-order valence-electron chi connectivity index (χ1n) is 8.26. The number of carbonyl (C=O) groups excluding carboxylic acids is 1. The lowest BCUT2D eigenvalue weighted by Crippen LogP contribution is -2.39. The van der Waals surface area contributed by atoms with Gasteiger partial charge in [0.25, 0.3) is 5.91 Å². The van der Waals surface area contributed by atoms with Crippen LogP contribution in [0.1, 0.15) is 49.3 Å². The Morgan fingerprint density at radius 1 is 1.46 bits per heavy atom. The third-order valence-corrected chi connectivity index (χ3v) is 4.62. The molecule has 2 heterocycles. The van der Waals surface area contributed by atoms with Crippen LogP contribution in [0.5, 0.6) is 0 Å². The number of nitrogens with zero attached hydrogens (tertiary/aromatic N) is 5. The average Bonchev–Trinajstić information content (AvgIpc) is 3.20. The van der Waals surface area contributed by atoms with Gasteiger partial charge in [-0.3, -0.25) is 14.2 Å². The molecule has 8 heteroatoms. The molecule has 1 saturated carbocycles. The summed E-state index contributed by atoms with van der Waals surface area (Å²) in [5, 5.41) is 25.3. The van der Waals surface area contributed by atoms with E-state index < -0.39 is 5.60 Å². The van der Waals surface area contributed by atoms with E-state index in [2.05, 4.69) is 20.7 Å². The predicted octanol–water partition coefficient (Wildman–Crippen LogP) is 0.838. The fourth-order valence-electron chi connectivity index (χ4n) is 3.19. The van der Waals surface area contributed by atoms with Gasteiger partial charge in [0.2, 0.25) is 0 Å². The van der Waals surface area contributed by atoms with Crippen LogP contribution < -0.4 is 5.32 Å². The highest BCUT2D eigenvalue weighted by Gasteiger charge is 2.30. The van der Waals surface area contributed by atoms with Crippen molar-refractivity contribution in [1.29, 1.82) is 0 Å². The van der Waals surface area contributed by atoms with Crippen LogP contribution in [0.4, 0.5) is 0 Å². The number of aryl methyl sites for hydroxylation is 1. The van der Waals surface area contributed by atoms with Crippen molar-refractivity contribution in [2.45, 2.75) is 51.3 Å². The first-order valence-corrected chi connectivity index (χ1v) is 8.26. The summed E-state index contributed by atoms with van der Waals surface area (Å²) in [6.07, 6.45) is 6.47. The van der Waals surface area contributed by atoms with Crippen LogP contribution in [-0.2, 0) is 19.2 Å². The number of hydrogen-bond donors (Lipinski definition) is 2. The van der Waals surface area contributed by atoms with Gasteiger partial charge in [-0.15, -0.1) is 5.10 Å². The lowest BCUT2D eigenvalue weighted by molar-refractivity contribution is 0.0737. The van der Waals surface area contributed by atoms with Gasteiger partial charge >= 0.3 is 0 Å². The number of aromatic nitrogens is 5. The van der Waals surface area contributed by atoms with Gasteiger partial charge in [0, 0.05) is 25.8 Å². The Morgan fingerprint density at radius 2 is 2.25 bits per heavy atom. The van der Waals surface area contributed by atoms with E-state index in [1.807, 2.05) is 0 Å². The molecule has 8 nitrogen and oxygen atoms in total. The highest BCUT2D eigenvalue weighted by molar-refractivity contribution is 5.92. The van der Waals surface area contributed by atoms with Crippen LogP contribution in [0.3, 0.4) is 0 Å². The zero-order valence-corrected chi connectivity index (χ0v) is 14.3. The highest BCUT2D eigenvalue weighted by Crippen LogP contribution is 2.27. The number of rotatable bonds is 5. The highest BCUT2D eigenvalue weighted by atomic mass is 16.3. The monoisotopic (exact) mass is 332 g/mol. The minimum Gasteiger partial charge on any atom is -0.384 e. The van der Waals surface area contributed by atoms with Gasteiger partial charge in [-0.1, -0.05) is 11.6 Å². The van der Waals surface area contributed by atoms with E-state index in [0.717, 1.165) is 19.3 Å². The van der Waals surface area contributed by atoms with Crippen molar-refractivity contribution in [2.75, 3.05) is 0 Å². The van der Waals surface area contributed by atoms with Crippen molar-refractivity contribution in [3.63, 3.8) is 0 Å². The zero-order valence-electron chi connectivity index (χ0n) is 14.3. The van der Waals surface area contributed by atoms with Crippen LogP contribution in [0, 0.1) is 5.92 Å². The second kappa shape index (κ2) is 6.35. The fourth-order valence-corrected chi connectivity index (χ4v) is 3.19. The van der Waals surface area contributed by atoms with Crippen LogP contribution in [0.2, 0.25) is 0 Å². The molecule has 24 heavy (non-hydrogen) atoms. The molecule has 2 N–H and O–H groups in total. The second-order valence-electron chi connectivity index (χ2n) is 7.00. The first kappa shape index (κ1) is 16.6. The summed E-state index contributed by atoms with van der Waals surface area (Å²) >= 11 is 0.